The van der Waals surface area contributed by atoms with Gasteiger partial charge in [0.1, 0.15) is 0 Å². The number of imide groups is 1. The van der Waals surface area contributed by atoms with Gasteiger partial charge < -0.3 is 10.4 Å². The van der Waals surface area contributed by atoms with Crippen LogP contribution < -0.4 is 10.2 Å². The van der Waals surface area contributed by atoms with Gasteiger partial charge in [0.25, 0.3) is 5.69 Å². The molecule has 0 aliphatic carbocycles. The minimum Gasteiger partial charge on any atom is -0.478 e. The molecule has 0 radical (unpaired) electrons. The number of non-ortho nitro benzene ring substituents is 1. The van der Waals surface area contributed by atoms with E-state index in [2.05, 4.69) is 5.32 Å². The molecule has 2 aromatic carbocycles. The highest BCUT2D eigenvalue weighted by Crippen LogP contribution is 2.35. The first-order chi connectivity index (χ1) is 14.7. The normalized spacial score (nSPS) is 16.0. The number of rotatable bonds is 7. The minimum absolute atomic E-state index is 0.0432. The third kappa shape index (κ3) is 5.34. The molecule has 1 aliphatic rings. The number of carbonyl (C=O) groups excluding carboxylic acids is 3. The summed E-state index contributed by atoms with van der Waals surface area (Å²) in [5, 5.41) is 21.2. The van der Waals surface area contributed by atoms with Gasteiger partial charge in [0.2, 0.25) is 17.7 Å². The Kier molecular flexibility index (Phi) is 6.46. The number of hydrogen-bond acceptors (Lipinski definition) is 7. The number of amides is 3. The second-order valence-corrected chi connectivity index (χ2v) is 7.62. The number of nitrogens with zero attached hydrogens (tertiary/aromatic N) is 2. The summed E-state index contributed by atoms with van der Waals surface area (Å²) in [5.74, 6) is -2.73. The van der Waals surface area contributed by atoms with Crippen molar-refractivity contribution in [3.8, 4) is 0 Å². The number of thioether (sulfide) groups is 1. The van der Waals surface area contributed by atoms with E-state index in [1.165, 1.54) is 24.3 Å². The fourth-order valence-electron chi connectivity index (χ4n) is 2.83. The van der Waals surface area contributed by atoms with E-state index in [9.17, 15) is 29.3 Å². The highest BCUT2D eigenvalue weighted by Gasteiger charge is 2.40. The second kappa shape index (κ2) is 9.22. The van der Waals surface area contributed by atoms with Crippen LogP contribution in [0.2, 0.25) is 0 Å². The van der Waals surface area contributed by atoms with Gasteiger partial charge in [-0.1, -0.05) is 6.07 Å². The van der Waals surface area contributed by atoms with E-state index < -0.39 is 33.9 Å². The molecule has 1 aliphatic heterocycles. The average molecular weight is 441 g/mol. The number of aliphatic carboxylic acids is 1. The summed E-state index contributed by atoms with van der Waals surface area (Å²) < 4.78 is 0. The zero-order chi connectivity index (χ0) is 22.5. The van der Waals surface area contributed by atoms with Crippen LogP contribution in [0.4, 0.5) is 17.1 Å². The summed E-state index contributed by atoms with van der Waals surface area (Å²) in [4.78, 5) is 59.2. The van der Waals surface area contributed by atoms with Crippen molar-refractivity contribution in [3.63, 3.8) is 0 Å². The van der Waals surface area contributed by atoms with Crippen LogP contribution in [0.25, 0.3) is 0 Å². The van der Waals surface area contributed by atoms with Crippen LogP contribution in [-0.4, -0.2) is 39.0 Å². The number of hydrogen-bond donors (Lipinski definition) is 2. The molecule has 3 amide bonds. The van der Waals surface area contributed by atoms with E-state index in [-0.39, 0.29) is 17.8 Å². The largest absolute Gasteiger partial charge is 0.478 e. The monoisotopic (exact) mass is 441 g/mol. The van der Waals surface area contributed by atoms with Crippen LogP contribution in [0.5, 0.6) is 0 Å². The molecular weight excluding hydrogens is 426 g/mol. The molecule has 1 atom stereocenters. The van der Waals surface area contributed by atoms with Crippen molar-refractivity contribution in [3.05, 3.63) is 70.8 Å². The fraction of sp³-hybridized carbons (Fsp3) is 0.100. The lowest BCUT2D eigenvalue weighted by molar-refractivity contribution is -0.384. The van der Waals surface area contributed by atoms with Gasteiger partial charge in [-0.25, -0.2) is 9.69 Å². The maximum Gasteiger partial charge on any atom is 0.328 e. The molecule has 31 heavy (non-hydrogen) atoms. The molecule has 3 rings (SSSR count). The summed E-state index contributed by atoms with van der Waals surface area (Å²) in [7, 11) is 0. The molecule has 11 heteroatoms. The SMILES string of the molecule is O=C(O)C=CC(=O)Nc1cccc(SC2CC(=O)N(c3ccc([N+](=O)[O-])cc3)C2=O)c1. The predicted molar refractivity (Wildman–Crippen MR) is 112 cm³/mol. The average Bonchev–Trinajstić information content (AvgIpc) is 2.99. The molecule has 2 aromatic rings. The zero-order valence-electron chi connectivity index (χ0n) is 15.8. The van der Waals surface area contributed by atoms with Gasteiger partial charge in [-0.2, -0.15) is 0 Å². The Morgan fingerprint density at radius 1 is 1.16 bits per heavy atom. The van der Waals surface area contributed by atoms with E-state index in [1.807, 2.05) is 0 Å². The van der Waals surface area contributed by atoms with Crippen molar-refractivity contribution in [2.75, 3.05) is 10.2 Å². The Bertz CT molecular complexity index is 1100. The van der Waals surface area contributed by atoms with Gasteiger partial charge in [-0.05, 0) is 30.3 Å². The van der Waals surface area contributed by atoms with Crippen LogP contribution in [0.15, 0.2) is 65.6 Å². The van der Waals surface area contributed by atoms with Gasteiger partial charge in [0.15, 0.2) is 0 Å². The number of nitrogens with one attached hydrogen (secondary N) is 1. The minimum atomic E-state index is -1.25. The van der Waals surface area contributed by atoms with Gasteiger partial charge >= 0.3 is 5.97 Å². The molecule has 0 aromatic heterocycles. The molecule has 0 spiro atoms. The first-order valence-electron chi connectivity index (χ1n) is 8.84. The number of anilines is 2. The summed E-state index contributed by atoms with van der Waals surface area (Å²) in [6, 6.07) is 11.7. The summed E-state index contributed by atoms with van der Waals surface area (Å²) in [6.07, 6.45) is 1.55. The molecule has 10 nitrogen and oxygen atoms in total. The highest BCUT2D eigenvalue weighted by molar-refractivity contribution is 8.00. The molecule has 2 N–H and O–H groups in total. The molecule has 1 fully saturated rings. The van der Waals surface area contributed by atoms with Crippen molar-refractivity contribution < 1.29 is 29.2 Å². The lowest BCUT2D eigenvalue weighted by atomic mass is 10.2. The number of benzene rings is 2. The summed E-state index contributed by atoms with van der Waals surface area (Å²) in [6.45, 7) is 0. The molecule has 0 saturated carbocycles. The Labute approximate surface area is 179 Å². The van der Waals surface area contributed by atoms with E-state index in [1.54, 1.807) is 24.3 Å². The van der Waals surface area contributed by atoms with Crippen molar-refractivity contribution in [2.24, 2.45) is 0 Å². The molecule has 158 valence electrons. The number of carboxylic acid groups (broad SMARTS) is 1. The topological polar surface area (TPSA) is 147 Å². The first-order valence-corrected chi connectivity index (χ1v) is 9.72. The number of carboxylic acids is 1. The lowest BCUT2D eigenvalue weighted by Crippen LogP contribution is -2.31. The van der Waals surface area contributed by atoms with E-state index in [0.29, 0.717) is 16.7 Å². The molecule has 1 unspecified atom stereocenters. The third-order valence-corrected chi connectivity index (χ3v) is 5.36. The van der Waals surface area contributed by atoms with Gasteiger partial charge in [0, 0.05) is 41.3 Å². The van der Waals surface area contributed by atoms with Crippen molar-refractivity contribution >= 4 is 52.5 Å². The number of nitro benzene ring substituents is 1. The van der Waals surface area contributed by atoms with Crippen molar-refractivity contribution in [1.82, 2.24) is 0 Å². The summed E-state index contributed by atoms with van der Waals surface area (Å²) >= 11 is 1.15. The van der Waals surface area contributed by atoms with E-state index in [4.69, 9.17) is 5.11 Å². The van der Waals surface area contributed by atoms with Gasteiger partial charge in [0.05, 0.1) is 15.9 Å². The maximum atomic E-state index is 12.8. The molecular formula is C20H15N3O7S. The Morgan fingerprint density at radius 3 is 2.52 bits per heavy atom. The smallest absolute Gasteiger partial charge is 0.328 e. The van der Waals surface area contributed by atoms with Crippen LogP contribution in [0, 0.1) is 10.1 Å². The Hall–Kier alpha value is -3.99. The third-order valence-electron chi connectivity index (χ3n) is 4.18. The molecule has 1 saturated heterocycles. The van der Waals surface area contributed by atoms with Gasteiger partial charge in [-0.3, -0.25) is 24.5 Å². The van der Waals surface area contributed by atoms with Crippen molar-refractivity contribution in [1.29, 1.82) is 0 Å². The van der Waals surface area contributed by atoms with E-state index in [0.717, 1.165) is 22.7 Å². The summed E-state index contributed by atoms with van der Waals surface area (Å²) in [5.41, 5.74) is 0.509. The second-order valence-electron chi connectivity index (χ2n) is 6.34. The maximum absolute atomic E-state index is 12.8. The number of carbonyl (C=O) groups is 4. The number of nitro groups is 1. The quantitative estimate of drug-likeness (QED) is 0.288. The van der Waals surface area contributed by atoms with Crippen LogP contribution >= 0.6 is 11.8 Å². The predicted octanol–water partition coefficient (Wildman–Crippen LogP) is 2.60. The molecule has 0 bridgehead atoms. The fourth-order valence-corrected chi connectivity index (χ4v) is 3.95. The van der Waals surface area contributed by atoms with Crippen LogP contribution in [0.3, 0.4) is 0 Å². The van der Waals surface area contributed by atoms with Gasteiger partial charge in [-0.15, -0.1) is 11.8 Å². The zero-order valence-corrected chi connectivity index (χ0v) is 16.6. The van der Waals surface area contributed by atoms with E-state index >= 15 is 0 Å². The van der Waals surface area contributed by atoms with Crippen LogP contribution in [-0.2, 0) is 19.2 Å². The molecule has 1 heterocycles. The standard InChI is InChI=1S/C20H15N3O7S/c24-17(8-9-19(26)27)21-12-2-1-3-15(10-12)31-16-11-18(25)22(20(16)28)13-4-6-14(7-5-13)23(29)30/h1-10,16H,11H2,(H,21,24)(H,26,27). The first kappa shape index (κ1) is 21.7. The van der Waals surface area contributed by atoms with Crippen molar-refractivity contribution in [2.45, 2.75) is 16.6 Å². The Balaban J connectivity index is 1.70. The van der Waals surface area contributed by atoms with Crippen LogP contribution in [0.1, 0.15) is 6.42 Å². The Morgan fingerprint density at radius 2 is 1.87 bits per heavy atom. The lowest BCUT2D eigenvalue weighted by Gasteiger charge is -2.15. The highest BCUT2D eigenvalue weighted by atomic mass is 32.2.